The van der Waals surface area contributed by atoms with E-state index in [0.29, 0.717) is 22.8 Å². The fraction of sp³-hybridized carbons (Fsp3) is 0.263. The second-order valence-corrected chi connectivity index (χ2v) is 6.97. The smallest absolute Gasteiger partial charge is 0.292 e. The molecule has 0 N–H and O–H groups in total. The molecule has 1 aromatic heterocycles. The van der Waals surface area contributed by atoms with Gasteiger partial charge in [-0.25, -0.2) is 4.39 Å². The summed E-state index contributed by atoms with van der Waals surface area (Å²) in [6.45, 7) is 2.86. The molecule has 7 heteroatoms. The average Bonchev–Trinajstić information content (AvgIpc) is 2.98. The summed E-state index contributed by atoms with van der Waals surface area (Å²) in [4.78, 5) is 17.4. The Morgan fingerprint density at radius 1 is 1.31 bits per heavy atom. The highest BCUT2D eigenvalue weighted by molar-refractivity contribution is 7.16. The number of aryl methyl sites for hydroxylation is 1. The van der Waals surface area contributed by atoms with Gasteiger partial charge < -0.3 is 14.0 Å². The first-order valence-electron chi connectivity index (χ1n) is 8.41. The zero-order valence-corrected chi connectivity index (χ0v) is 15.0. The van der Waals surface area contributed by atoms with Crippen LogP contribution in [0.1, 0.15) is 13.3 Å². The van der Waals surface area contributed by atoms with Crippen molar-refractivity contribution >= 4 is 27.5 Å². The Morgan fingerprint density at radius 3 is 2.92 bits per heavy atom. The van der Waals surface area contributed by atoms with Crippen molar-refractivity contribution in [2.24, 2.45) is 4.99 Å². The van der Waals surface area contributed by atoms with Crippen LogP contribution in [0.15, 0.2) is 47.5 Å². The molecule has 1 amide bonds. The van der Waals surface area contributed by atoms with Crippen LogP contribution in [0.3, 0.4) is 0 Å². The number of amides is 1. The molecule has 1 atom stereocenters. The summed E-state index contributed by atoms with van der Waals surface area (Å²) >= 11 is 1.30. The number of ether oxygens (including phenoxy) is 2. The summed E-state index contributed by atoms with van der Waals surface area (Å²) < 4.78 is 27.5. The van der Waals surface area contributed by atoms with E-state index in [1.54, 1.807) is 18.2 Å². The van der Waals surface area contributed by atoms with Gasteiger partial charge in [-0.3, -0.25) is 4.79 Å². The zero-order chi connectivity index (χ0) is 18.1. The van der Waals surface area contributed by atoms with Gasteiger partial charge in [-0.15, -0.1) is 0 Å². The molecule has 0 aliphatic carbocycles. The number of fused-ring (bicyclic) bond motifs is 2. The van der Waals surface area contributed by atoms with Gasteiger partial charge in [-0.05, 0) is 36.8 Å². The van der Waals surface area contributed by atoms with Crippen LogP contribution in [0.4, 0.5) is 4.39 Å². The predicted molar refractivity (Wildman–Crippen MR) is 97.0 cm³/mol. The molecule has 0 saturated heterocycles. The Morgan fingerprint density at radius 2 is 2.12 bits per heavy atom. The Kier molecular flexibility index (Phi) is 4.46. The van der Waals surface area contributed by atoms with Crippen LogP contribution in [0.5, 0.6) is 11.5 Å². The van der Waals surface area contributed by atoms with Crippen molar-refractivity contribution in [1.82, 2.24) is 4.57 Å². The molecule has 134 valence electrons. The largest absolute Gasteiger partial charge is 0.485 e. The standard InChI is InChI=1S/C19H17FN2O3S/c1-2-9-22-13-8-7-12(20)10-17(13)26-19(22)21-18(23)16-11-24-14-5-3-4-6-15(14)25-16/h3-8,10,16H,2,9,11H2,1H3. The molecule has 1 aliphatic heterocycles. The second kappa shape index (κ2) is 6.92. The van der Waals surface area contributed by atoms with Crippen LogP contribution in [-0.2, 0) is 11.3 Å². The molecule has 0 spiro atoms. The lowest BCUT2D eigenvalue weighted by molar-refractivity contribution is -0.127. The predicted octanol–water partition coefficient (Wildman–Crippen LogP) is 3.52. The maximum atomic E-state index is 13.5. The number of rotatable bonds is 3. The zero-order valence-electron chi connectivity index (χ0n) is 14.1. The van der Waals surface area contributed by atoms with E-state index in [-0.39, 0.29) is 12.4 Å². The molecule has 0 radical (unpaired) electrons. The maximum Gasteiger partial charge on any atom is 0.292 e. The van der Waals surface area contributed by atoms with Crippen molar-refractivity contribution in [2.75, 3.05) is 6.61 Å². The van der Waals surface area contributed by atoms with Gasteiger partial charge in [-0.2, -0.15) is 4.99 Å². The molecule has 0 saturated carbocycles. The van der Waals surface area contributed by atoms with E-state index in [0.717, 1.165) is 16.6 Å². The number of thiazole rings is 1. The Hall–Kier alpha value is -2.67. The van der Waals surface area contributed by atoms with Gasteiger partial charge >= 0.3 is 0 Å². The first-order chi connectivity index (χ1) is 12.7. The number of nitrogens with zero attached hydrogens (tertiary/aromatic N) is 2. The molecule has 1 aliphatic rings. The lowest BCUT2D eigenvalue weighted by Gasteiger charge is -2.23. The molecular formula is C19H17FN2O3S. The SMILES string of the molecule is CCCn1c(=NC(=O)C2COc3ccccc3O2)sc2cc(F)ccc21. The molecule has 26 heavy (non-hydrogen) atoms. The van der Waals surface area contributed by atoms with Gasteiger partial charge in [-0.1, -0.05) is 30.4 Å². The lowest BCUT2D eigenvalue weighted by Crippen LogP contribution is -2.36. The molecule has 0 fully saturated rings. The lowest BCUT2D eigenvalue weighted by atomic mass is 10.2. The molecular weight excluding hydrogens is 355 g/mol. The van der Waals surface area contributed by atoms with Crippen molar-refractivity contribution in [2.45, 2.75) is 26.0 Å². The van der Waals surface area contributed by atoms with Gasteiger partial charge in [0.1, 0.15) is 12.4 Å². The van der Waals surface area contributed by atoms with E-state index < -0.39 is 12.0 Å². The minimum Gasteiger partial charge on any atom is -0.485 e. The second-order valence-electron chi connectivity index (χ2n) is 5.96. The fourth-order valence-electron chi connectivity index (χ4n) is 2.88. The number of para-hydroxylation sites is 2. The fourth-order valence-corrected chi connectivity index (χ4v) is 3.97. The Labute approximate surface area is 153 Å². The molecule has 5 nitrogen and oxygen atoms in total. The van der Waals surface area contributed by atoms with Crippen LogP contribution in [0, 0.1) is 5.82 Å². The van der Waals surface area contributed by atoms with E-state index in [4.69, 9.17) is 9.47 Å². The third-order valence-corrected chi connectivity index (χ3v) is 5.12. The van der Waals surface area contributed by atoms with Gasteiger partial charge in [0.15, 0.2) is 16.3 Å². The van der Waals surface area contributed by atoms with E-state index in [1.807, 2.05) is 23.6 Å². The summed E-state index contributed by atoms with van der Waals surface area (Å²) in [5.74, 6) is 0.444. The van der Waals surface area contributed by atoms with Crippen LogP contribution in [0.25, 0.3) is 10.2 Å². The topological polar surface area (TPSA) is 52.8 Å². The Balaban J connectivity index is 1.69. The molecule has 2 aromatic carbocycles. The van der Waals surface area contributed by atoms with Crippen molar-refractivity contribution < 1.29 is 18.7 Å². The van der Waals surface area contributed by atoms with E-state index >= 15 is 0 Å². The third kappa shape index (κ3) is 3.10. The maximum absolute atomic E-state index is 13.5. The number of carbonyl (C=O) groups is 1. The molecule has 3 aromatic rings. The van der Waals surface area contributed by atoms with Gasteiger partial charge in [0, 0.05) is 6.54 Å². The highest BCUT2D eigenvalue weighted by Gasteiger charge is 2.27. The van der Waals surface area contributed by atoms with E-state index in [9.17, 15) is 9.18 Å². The monoisotopic (exact) mass is 372 g/mol. The molecule has 4 rings (SSSR count). The summed E-state index contributed by atoms with van der Waals surface area (Å²) in [5, 5.41) is 0. The van der Waals surface area contributed by atoms with Crippen LogP contribution in [-0.4, -0.2) is 23.2 Å². The number of carbonyl (C=O) groups excluding carboxylic acids is 1. The van der Waals surface area contributed by atoms with Crippen molar-refractivity contribution in [3.8, 4) is 11.5 Å². The van der Waals surface area contributed by atoms with E-state index in [1.165, 1.54) is 23.5 Å². The number of benzene rings is 2. The number of aromatic nitrogens is 1. The number of hydrogen-bond donors (Lipinski definition) is 0. The quantitative estimate of drug-likeness (QED) is 0.707. The summed E-state index contributed by atoms with van der Waals surface area (Å²) in [5.41, 5.74) is 0.871. The molecule has 2 heterocycles. The minimum atomic E-state index is -0.790. The van der Waals surface area contributed by atoms with Crippen LogP contribution in [0.2, 0.25) is 0 Å². The van der Waals surface area contributed by atoms with Gasteiger partial charge in [0.05, 0.1) is 10.2 Å². The average molecular weight is 372 g/mol. The van der Waals surface area contributed by atoms with Crippen LogP contribution < -0.4 is 14.3 Å². The first-order valence-corrected chi connectivity index (χ1v) is 9.23. The highest BCUT2D eigenvalue weighted by atomic mass is 32.1. The Bertz CT molecular complexity index is 1040. The first kappa shape index (κ1) is 16.8. The normalized spacial score (nSPS) is 16.8. The number of hydrogen-bond acceptors (Lipinski definition) is 4. The number of halogens is 1. The minimum absolute atomic E-state index is 0.118. The van der Waals surface area contributed by atoms with Crippen molar-refractivity contribution in [1.29, 1.82) is 0 Å². The molecule has 0 bridgehead atoms. The summed E-state index contributed by atoms with van der Waals surface area (Å²) in [7, 11) is 0. The van der Waals surface area contributed by atoms with Crippen molar-refractivity contribution in [3.63, 3.8) is 0 Å². The van der Waals surface area contributed by atoms with Gasteiger partial charge in [0.25, 0.3) is 5.91 Å². The summed E-state index contributed by atoms with van der Waals surface area (Å²) in [6, 6.07) is 11.8. The molecule has 1 unspecified atom stereocenters. The summed E-state index contributed by atoms with van der Waals surface area (Å²) in [6.07, 6.45) is 0.0861. The van der Waals surface area contributed by atoms with Gasteiger partial charge in [0.2, 0.25) is 6.10 Å². The van der Waals surface area contributed by atoms with Crippen LogP contribution >= 0.6 is 11.3 Å². The highest BCUT2D eigenvalue weighted by Crippen LogP contribution is 2.31. The third-order valence-electron chi connectivity index (χ3n) is 4.08. The van der Waals surface area contributed by atoms with Crippen molar-refractivity contribution in [3.05, 3.63) is 53.1 Å². The van der Waals surface area contributed by atoms with E-state index in [2.05, 4.69) is 4.99 Å².